The predicted molar refractivity (Wildman–Crippen MR) is 65.1 cm³/mol. The number of nitrogens with two attached hydrogens (primary N) is 1. The highest BCUT2D eigenvalue weighted by atomic mass is 35.7. The summed E-state index contributed by atoms with van der Waals surface area (Å²) in [5.74, 6) is 0.869. The molecule has 2 N–H and O–H groups in total. The van der Waals surface area contributed by atoms with Crippen molar-refractivity contribution in [1.82, 2.24) is 5.06 Å². The van der Waals surface area contributed by atoms with Gasteiger partial charge in [0.15, 0.2) is 0 Å². The van der Waals surface area contributed by atoms with Gasteiger partial charge in [-0.25, -0.2) is 23.6 Å². The zero-order chi connectivity index (χ0) is 16.3. The zero-order valence-electron chi connectivity index (χ0n) is 11.9. The molecule has 1 aromatic rings. The number of allylic oxidation sites excluding steroid dienone is 2. The highest BCUT2D eigenvalue weighted by molar-refractivity contribution is 5.95. The van der Waals surface area contributed by atoms with Crippen molar-refractivity contribution < 1.29 is 39.3 Å². The van der Waals surface area contributed by atoms with Crippen LogP contribution < -0.4 is 24.1 Å². The Hall–Kier alpha value is -1.78. The van der Waals surface area contributed by atoms with Gasteiger partial charge in [0.1, 0.15) is 0 Å². The number of aliphatic imine (C=N–C) groups is 1. The SMILES string of the molecule is CC1=CC(C)=NC2=C(c3ccccc3)[NH2+]ON12.[O-][Cl+3]([O-])([O-])[O-]. The van der Waals surface area contributed by atoms with Crippen LogP contribution in [-0.2, 0) is 4.94 Å². The summed E-state index contributed by atoms with van der Waals surface area (Å²) in [7, 11) is -4.94. The van der Waals surface area contributed by atoms with Crippen LogP contribution in [0.3, 0.4) is 0 Å². The monoisotopic (exact) mass is 327 g/mol. The third-order valence-corrected chi connectivity index (χ3v) is 2.81. The molecule has 0 saturated carbocycles. The molecule has 0 spiro atoms. The van der Waals surface area contributed by atoms with Gasteiger partial charge in [-0.1, -0.05) is 23.1 Å². The molecule has 2 aliphatic heterocycles. The van der Waals surface area contributed by atoms with Crippen molar-refractivity contribution in [1.29, 1.82) is 0 Å². The molecule has 1 aromatic carbocycles. The van der Waals surface area contributed by atoms with Crippen LogP contribution in [0.15, 0.2) is 52.9 Å². The molecule has 0 unspecified atom stereocenters. The second-order valence-electron chi connectivity index (χ2n) is 4.54. The van der Waals surface area contributed by atoms with Crippen molar-refractivity contribution in [2.75, 3.05) is 0 Å². The van der Waals surface area contributed by atoms with Crippen LogP contribution in [0.4, 0.5) is 0 Å². The van der Waals surface area contributed by atoms with Crippen molar-refractivity contribution in [3.8, 4) is 0 Å². The van der Waals surface area contributed by atoms with Crippen LogP contribution in [-0.4, -0.2) is 10.8 Å². The summed E-state index contributed by atoms with van der Waals surface area (Å²) >= 11 is 0. The summed E-state index contributed by atoms with van der Waals surface area (Å²) in [5.41, 5.74) is 5.95. The van der Waals surface area contributed by atoms with E-state index in [0.29, 0.717) is 0 Å². The Morgan fingerprint density at radius 2 is 1.68 bits per heavy atom. The molecule has 3 rings (SSSR count). The van der Waals surface area contributed by atoms with Crippen LogP contribution in [0.1, 0.15) is 19.4 Å². The van der Waals surface area contributed by atoms with Gasteiger partial charge in [-0.2, -0.15) is 0 Å². The first-order valence-electron chi connectivity index (χ1n) is 6.21. The number of hydrogen-bond donors (Lipinski definition) is 1. The van der Waals surface area contributed by atoms with E-state index in [0.717, 1.165) is 28.5 Å². The second-order valence-corrected chi connectivity index (χ2v) is 5.29. The van der Waals surface area contributed by atoms with E-state index in [1.54, 1.807) is 10.5 Å². The number of benzene rings is 1. The number of hydrogen-bond acceptors (Lipinski definition) is 7. The van der Waals surface area contributed by atoms with Crippen LogP contribution in [0, 0.1) is 10.2 Å². The molecular formula is C13H14ClN3O5. The lowest BCUT2D eigenvalue weighted by Gasteiger charge is -2.17. The van der Waals surface area contributed by atoms with E-state index in [4.69, 9.17) is 23.6 Å². The van der Waals surface area contributed by atoms with Gasteiger partial charge in [-0.05, 0) is 32.1 Å². The molecule has 0 atom stereocenters. The van der Waals surface area contributed by atoms with Crippen molar-refractivity contribution in [2.24, 2.45) is 4.99 Å². The molecule has 0 aromatic heterocycles. The largest absolute Gasteiger partial charge is 0.228 e. The number of halogens is 1. The molecule has 0 bridgehead atoms. The molecule has 2 aliphatic rings. The minimum atomic E-state index is -4.94. The Morgan fingerprint density at radius 3 is 2.27 bits per heavy atom. The lowest BCUT2D eigenvalue weighted by atomic mass is 10.1. The highest BCUT2D eigenvalue weighted by Crippen LogP contribution is 2.27. The summed E-state index contributed by atoms with van der Waals surface area (Å²) < 4.78 is 34.0. The zero-order valence-corrected chi connectivity index (χ0v) is 12.6. The van der Waals surface area contributed by atoms with Gasteiger partial charge in [0.2, 0.25) is 11.5 Å². The molecule has 8 nitrogen and oxygen atoms in total. The first-order valence-corrected chi connectivity index (χ1v) is 7.44. The number of fused-ring (bicyclic) bond motifs is 1. The van der Waals surface area contributed by atoms with Gasteiger partial charge < -0.3 is 0 Å². The van der Waals surface area contributed by atoms with Gasteiger partial charge >= 0.3 is 0 Å². The topological polar surface area (TPSA) is 134 Å². The molecule has 0 radical (unpaired) electrons. The smallest absolute Gasteiger partial charge is 0.228 e. The minimum absolute atomic E-state index is 0.869. The molecular weight excluding hydrogens is 314 g/mol. The van der Waals surface area contributed by atoms with Crippen LogP contribution in [0.25, 0.3) is 5.70 Å². The van der Waals surface area contributed by atoms with Crippen LogP contribution in [0.2, 0.25) is 0 Å². The summed E-state index contributed by atoms with van der Waals surface area (Å²) in [5, 5.41) is 1.76. The molecule has 2 heterocycles. The summed E-state index contributed by atoms with van der Waals surface area (Å²) in [6, 6.07) is 10.2. The Labute approximate surface area is 128 Å². The Kier molecular flexibility index (Phi) is 4.94. The van der Waals surface area contributed by atoms with Gasteiger partial charge in [-0.3, -0.25) is 0 Å². The standard InChI is InChI=1S/C13H13N3O.ClHO4/c1-9-8-10(2)16-13(14-9)12(15-17-16)11-6-4-3-5-7-11;2-1(3,4)5/h3-8,15H,1-2H3;(H,2,3,4,5). The van der Waals surface area contributed by atoms with E-state index in [2.05, 4.69) is 17.1 Å². The van der Waals surface area contributed by atoms with E-state index >= 15 is 0 Å². The lowest BCUT2D eigenvalue weighted by molar-refractivity contribution is -2.00. The molecule has 0 aliphatic carbocycles. The van der Waals surface area contributed by atoms with Crippen LogP contribution in [0.5, 0.6) is 0 Å². The fourth-order valence-corrected chi connectivity index (χ4v) is 2.05. The number of rotatable bonds is 1. The van der Waals surface area contributed by atoms with Crippen LogP contribution >= 0.6 is 0 Å². The molecule has 22 heavy (non-hydrogen) atoms. The maximum absolute atomic E-state index is 8.49. The maximum Gasteiger partial charge on any atom is 0.228 e. The number of hydroxylamine groups is 3. The summed E-state index contributed by atoms with van der Waals surface area (Å²) in [4.78, 5) is 10.1. The van der Waals surface area contributed by atoms with E-state index in [-0.39, 0.29) is 0 Å². The Balaban J connectivity index is 0.000000309. The Bertz CT molecular complexity index is 631. The third-order valence-electron chi connectivity index (χ3n) is 2.81. The molecule has 0 saturated heterocycles. The van der Waals surface area contributed by atoms with Gasteiger partial charge in [0.05, 0.1) is 5.70 Å². The van der Waals surface area contributed by atoms with Crippen molar-refractivity contribution in [2.45, 2.75) is 13.8 Å². The van der Waals surface area contributed by atoms with Gasteiger partial charge in [0.25, 0.3) is 0 Å². The van der Waals surface area contributed by atoms with Gasteiger partial charge in [-0.15, -0.1) is 20.8 Å². The molecule has 9 heteroatoms. The predicted octanol–water partition coefficient (Wildman–Crippen LogP) is -3.34. The average Bonchev–Trinajstić information content (AvgIpc) is 2.81. The summed E-state index contributed by atoms with van der Waals surface area (Å²) in [6.07, 6.45) is 2.01. The Morgan fingerprint density at radius 1 is 1.09 bits per heavy atom. The van der Waals surface area contributed by atoms with E-state index in [1.165, 1.54) is 0 Å². The van der Waals surface area contributed by atoms with Crippen molar-refractivity contribution in [3.63, 3.8) is 0 Å². The molecule has 0 amide bonds. The quantitative estimate of drug-likeness (QED) is 0.573. The van der Waals surface area contributed by atoms with Crippen molar-refractivity contribution in [3.05, 3.63) is 53.5 Å². The van der Waals surface area contributed by atoms with E-state index in [1.807, 2.05) is 38.1 Å². The first kappa shape index (κ1) is 16.6. The van der Waals surface area contributed by atoms with E-state index in [9.17, 15) is 0 Å². The van der Waals surface area contributed by atoms with Crippen molar-refractivity contribution >= 4 is 11.4 Å². The summed E-state index contributed by atoms with van der Waals surface area (Å²) in [6.45, 7) is 4.01. The lowest BCUT2D eigenvalue weighted by Crippen LogP contribution is -2.78. The molecule has 118 valence electrons. The minimum Gasteiger partial charge on any atom is -0.228 e. The maximum atomic E-state index is 8.49. The number of nitrogens with zero attached hydrogens (tertiary/aromatic N) is 2. The third kappa shape index (κ3) is 4.36. The van der Waals surface area contributed by atoms with E-state index < -0.39 is 10.2 Å². The highest BCUT2D eigenvalue weighted by Gasteiger charge is 2.32. The normalized spacial score (nSPS) is 17.5. The number of quaternary nitrogens is 1. The average molecular weight is 328 g/mol. The second kappa shape index (κ2) is 6.55. The fraction of sp³-hybridized carbons (Fsp3) is 0.154. The first-order chi connectivity index (χ1) is 10.3. The molecule has 0 fully saturated rings. The fourth-order valence-electron chi connectivity index (χ4n) is 2.05. The van der Waals surface area contributed by atoms with Gasteiger partial charge in [0, 0.05) is 11.3 Å².